The Bertz CT molecular complexity index is 423. The quantitative estimate of drug-likeness (QED) is 0.898. The van der Waals surface area contributed by atoms with Crippen molar-refractivity contribution >= 4 is 0 Å². The van der Waals surface area contributed by atoms with Gasteiger partial charge in [0.15, 0.2) is 0 Å². The van der Waals surface area contributed by atoms with E-state index >= 15 is 0 Å². The summed E-state index contributed by atoms with van der Waals surface area (Å²) < 4.78 is 5.67. The molecule has 0 spiro atoms. The SMILES string of the molecule is NC(CCC1CCCO1)c1ccc2c(c1)CCCC2. The van der Waals surface area contributed by atoms with E-state index in [2.05, 4.69) is 18.2 Å². The third-order valence-electron chi connectivity index (χ3n) is 4.62. The van der Waals surface area contributed by atoms with Crippen LogP contribution in [-0.2, 0) is 17.6 Å². The Hall–Kier alpha value is -0.860. The van der Waals surface area contributed by atoms with E-state index in [-0.39, 0.29) is 6.04 Å². The molecule has 1 aliphatic heterocycles. The van der Waals surface area contributed by atoms with E-state index in [1.54, 1.807) is 5.56 Å². The molecule has 1 aromatic carbocycles. The van der Waals surface area contributed by atoms with Crippen LogP contribution in [-0.4, -0.2) is 12.7 Å². The summed E-state index contributed by atoms with van der Waals surface area (Å²) >= 11 is 0. The summed E-state index contributed by atoms with van der Waals surface area (Å²) in [6, 6.07) is 7.07. The normalized spacial score (nSPS) is 24.2. The largest absolute Gasteiger partial charge is 0.378 e. The number of rotatable bonds is 4. The third-order valence-corrected chi connectivity index (χ3v) is 4.62. The van der Waals surface area contributed by atoms with Crippen molar-refractivity contribution in [2.75, 3.05) is 6.61 Å². The van der Waals surface area contributed by atoms with Gasteiger partial charge < -0.3 is 10.5 Å². The number of hydrogen-bond acceptors (Lipinski definition) is 2. The standard InChI is InChI=1S/C17H25NO/c18-17(10-9-16-6-3-11-19-16)15-8-7-13-4-1-2-5-14(13)12-15/h7-8,12,16-17H,1-6,9-11,18H2. The molecule has 1 saturated heterocycles. The second kappa shape index (κ2) is 6.06. The highest BCUT2D eigenvalue weighted by Gasteiger charge is 2.18. The summed E-state index contributed by atoms with van der Waals surface area (Å²) in [5.74, 6) is 0. The molecule has 1 aliphatic carbocycles. The fraction of sp³-hybridized carbons (Fsp3) is 0.647. The molecule has 1 aromatic rings. The van der Waals surface area contributed by atoms with Gasteiger partial charge in [-0.05, 0) is 68.1 Å². The first-order valence-corrected chi connectivity index (χ1v) is 7.82. The Morgan fingerprint density at radius 1 is 1.16 bits per heavy atom. The highest BCUT2D eigenvalue weighted by atomic mass is 16.5. The maximum Gasteiger partial charge on any atom is 0.0576 e. The lowest BCUT2D eigenvalue weighted by molar-refractivity contribution is 0.101. The van der Waals surface area contributed by atoms with Crippen LogP contribution >= 0.6 is 0 Å². The molecular formula is C17H25NO. The molecule has 3 rings (SSSR count). The van der Waals surface area contributed by atoms with E-state index in [0.717, 1.165) is 19.4 Å². The van der Waals surface area contributed by atoms with Crippen molar-refractivity contribution in [1.29, 1.82) is 0 Å². The lowest BCUT2D eigenvalue weighted by atomic mass is 9.88. The van der Waals surface area contributed by atoms with Gasteiger partial charge in [-0.25, -0.2) is 0 Å². The Kier molecular flexibility index (Phi) is 4.19. The first-order chi connectivity index (χ1) is 9.33. The van der Waals surface area contributed by atoms with Crippen molar-refractivity contribution < 1.29 is 4.74 Å². The predicted molar refractivity (Wildman–Crippen MR) is 78.2 cm³/mol. The fourth-order valence-corrected chi connectivity index (χ4v) is 3.39. The molecule has 2 N–H and O–H groups in total. The Labute approximate surface area is 116 Å². The molecule has 2 nitrogen and oxygen atoms in total. The van der Waals surface area contributed by atoms with Crippen LogP contribution in [0, 0.1) is 0 Å². The van der Waals surface area contributed by atoms with Gasteiger partial charge in [-0.15, -0.1) is 0 Å². The lowest BCUT2D eigenvalue weighted by Crippen LogP contribution is -2.15. The van der Waals surface area contributed by atoms with E-state index in [9.17, 15) is 0 Å². The Morgan fingerprint density at radius 2 is 2.00 bits per heavy atom. The molecule has 2 heteroatoms. The van der Waals surface area contributed by atoms with E-state index in [1.165, 1.54) is 49.7 Å². The molecule has 1 heterocycles. The minimum Gasteiger partial charge on any atom is -0.378 e. The zero-order valence-electron chi connectivity index (χ0n) is 11.7. The maximum absolute atomic E-state index is 6.35. The molecule has 0 amide bonds. The van der Waals surface area contributed by atoms with Crippen LogP contribution in [0.25, 0.3) is 0 Å². The molecule has 0 aromatic heterocycles. The third kappa shape index (κ3) is 3.18. The number of hydrogen-bond donors (Lipinski definition) is 1. The Morgan fingerprint density at radius 3 is 2.79 bits per heavy atom. The van der Waals surface area contributed by atoms with Gasteiger partial charge in [0.1, 0.15) is 0 Å². The van der Waals surface area contributed by atoms with Gasteiger partial charge in [-0.2, -0.15) is 0 Å². The van der Waals surface area contributed by atoms with Crippen molar-refractivity contribution in [3.05, 3.63) is 34.9 Å². The van der Waals surface area contributed by atoms with Gasteiger partial charge in [0, 0.05) is 12.6 Å². The van der Waals surface area contributed by atoms with Gasteiger partial charge >= 0.3 is 0 Å². The number of aryl methyl sites for hydroxylation is 2. The summed E-state index contributed by atoms with van der Waals surface area (Å²) in [5, 5.41) is 0. The van der Waals surface area contributed by atoms with Crippen molar-refractivity contribution in [2.24, 2.45) is 5.73 Å². The lowest BCUT2D eigenvalue weighted by Gasteiger charge is -2.20. The predicted octanol–water partition coefficient (Wildman–Crippen LogP) is 3.52. The summed E-state index contributed by atoms with van der Waals surface area (Å²) in [4.78, 5) is 0. The van der Waals surface area contributed by atoms with Crippen molar-refractivity contribution in [1.82, 2.24) is 0 Å². The van der Waals surface area contributed by atoms with E-state index in [0.29, 0.717) is 6.10 Å². The van der Waals surface area contributed by atoms with Crippen LogP contribution in [0.3, 0.4) is 0 Å². The van der Waals surface area contributed by atoms with Gasteiger partial charge in [0.2, 0.25) is 0 Å². The molecule has 1 fully saturated rings. The summed E-state index contributed by atoms with van der Waals surface area (Å²) in [5.41, 5.74) is 10.8. The average molecular weight is 259 g/mol. The number of fused-ring (bicyclic) bond motifs is 1. The summed E-state index contributed by atoms with van der Waals surface area (Å²) in [6.45, 7) is 0.943. The van der Waals surface area contributed by atoms with E-state index in [1.807, 2.05) is 0 Å². The minimum atomic E-state index is 0.177. The van der Waals surface area contributed by atoms with Crippen molar-refractivity contribution in [2.45, 2.75) is 63.5 Å². The van der Waals surface area contributed by atoms with Crippen molar-refractivity contribution in [3.8, 4) is 0 Å². The highest BCUT2D eigenvalue weighted by molar-refractivity contribution is 5.35. The van der Waals surface area contributed by atoms with E-state index < -0.39 is 0 Å². The fourth-order valence-electron chi connectivity index (χ4n) is 3.39. The zero-order chi connectivity index (χ0) is 13.1. The molecule has 2 unspecified atom stereocenters. The molecule has 104 valence electrons. The van der Waals surface area contributed by atoms with Gasteiger partial charge in [-0.1, -0.05) is 18.2 Å². The maximum atomic E-state index is 6.35. The van der Waals surface area contributed by atoms with Gasteiger partial charge in [-0.3, -0.25) is 0 Å². The first-order valence-electron chi connectivity index (χ1n) is 7.82. The smallest absolute Gasteiger partial charge is 0.0576 e. The van der Waals surface area contributed by atoms with Crippen LogP contribution in [0.5, 0.6) is 0 Å². The van der Waals surface area contributed by atoms with Crippen LogP contribution < -0.4 is 5.73 Å². The van der Waals surface area contributed by atoms with Crippen LogP contribution in [0.4, 0.5) is 0 Å². The monoisotopic (exact) mass is 259 g/mol. The van der Waals surface area contributed by atoms with Gasteiger partial charge in [0.05, 0.1) is 6.10 Å². The molecule has 0 bridgehead atoms. The van der Waals surface area contributed by atoms with Crippen LogP contribution in [0.15, 0.2) is 18.2 Å². The molecule has 0 saturated carbocycles. The number of benzene rings is 1. The molecule has 2 atom stereocenters. The second-order valence-electron chi connectivity index (χ2n) is 6.05. The Balaban J connectivity index is 1.60. The zero-order valence-corrected chi connectivity index (χ0v) is 11.7. The van der Waals surface area contributed by atoms with Crippen LogP contribution in [0.2, 0.25) is 0 Å². The summed E-state index contributed by atoms with van der Waals surface area (Å²) in [7, 11) is 0. The van der Waals surface area contributed by atoms with E-state index in [4.69, 9.17) is 10.5 Å². The number of nitrogens with two attached hydrogens (primary N) is 1. The second-order valence-corrected chi connectivity index (χ2v) is 6.05. The topological polar surface area (TPSA) is 35.2 Å². The number of ether oxygens (including phenoxy) is 1. The molecule has 2 aliphatic rings. The minimum absolute atomic E-state index is 0.177. The molecular weight excluding hydrogens is 234 g/mol. The summed E-state index contributed by atoms with van der Waals surface area (Å²) in [6.07, 6.45) is 10.2. The van der Waals surface area contributed by atoms with Gasteiger partial charge in [0.25, 0.3) is 0 Å². The average Bonchev–Trinajstić information content (AvgIpc) is 2.97. The highest BCUT2D eigenvalue weighted by Crippen LogP contribution is 2.27. The first kappa shape index (κ1) is 13.1. The van der Waals surface area contributed by atoms with Crippen LogP contribution in [0.1, 0.15) is 61.3 Å². The molecule has 0 radical (unpaired) electrons. The molecule has 19 heavy (non-hydrogen) atoms. The van der Waals surface area contributed by atoms with Crippen molar-refractivity contribution in [3.63, 3.8) is 0 Å².